The molecule has 3 aromatic carbocycles. The number of hydrogen-bond acceptors (Lipinski definition) is 4. The highest BCUT2D eigenvalue weighted by molar-refractivity contribution is 6.23. The van der Waals surface area contributed by atoms with Crippen LogP contribution in [-0.2, 0) is 19.7 Å². The molecule has 0 spiro atoms. The second kappa shape index (κ2) is 7.03. The molecule has 1 aliphatic heterocycles. The highest BCUT2D eigenvalue weighted by atomic mass is 16.5. The summed E-state index contributed by atoms with van der Waals surface area (Å²) in [6, 6.07) is 23.6. The van der Waals surface area contributed by atoms with Gasteiger partial charge < -0.3 is 9.47 Å². The maximum absolute atomic E-state index is 14.2. The van der Waals surface area contributed by atoms with E-state index < -0.39 is 17.3 Å². The third-order valence-corrected chi connectivity index (χ3v) is 8.01. The summed E-state index contributed by atoms with van der Waals surface area (Å²) in [5.74, 6) is -0.781. The number of methoxy groups -OCH3 is 2. The van der Waals surface area contributed by atoms with Gasteiger partial charge in [0.25, 0.3) is 0 Å². The van der Waals surface area contributed by atoms with Gasteiger partial charge in [-0.05, 0) is 53.4 Å². The fourth-order valence-corrected chi connectivity index (χ4v) is 6.69. The van der Waals surface area contributed by atoms with Crippen LogP contribution in [0.25, 0.3) is 0 Å². The van der Waals surface area contributed by atoms with Gasteiger partial charge in [-0.3, -0.25) is 9.59 Å². The lowest BCUT2D eigenvalue weighted by molar-refractivity contribution is -0.126. The second-order valence-corrected chi connectivity index (χ2v) is 9.11. The van der Waals surface area contributed by atoms with Gasteiger partial charge in [-0.25, -0.2) is 4.90 Å². The van der Waals surface area contributed by atoms with E-state index in [4.69, 9.17) is 9.47 Å². The van der Waals surface area contributed by atoms with E-state index in [1.807, 2.05) is 31.2 Å². The Morgan fingerprint density at radius 2 is 1.39 bits per heavy atom. The Balaban J connectivity index is 1.63. The predicted octanol–water partition coefficient (Wildman–Crippen LogP) is 4.28. The van der Waals surface area contributed by atoms with Crippen molar-refractivity contribution in [3.05, 3.63) is 95.1 Å². The molecule has 4 aliphatic rings. The molecule has 1 heterocycles. The summed E-state index contributed by atoms with van der Waals surface area (Å²) in [5.41, 5.74) is 4.28. The third-order valence-electron chi connectivity index (χ3n) is 8.01. The number of rotatable bonds is 4. The highest BCUT2D eigenvalue weighted by Crippen LogP contribution is 2.65. The summed E-state index contributed by atoms with van der Waals surface area (Å²) in [4.78, 5) is 29.5. The van der Waals surface area contributed by atoms with Gasteiger partial charge >= 0.3 is 0 Å². The SMILES string of the molecule is COc1ccc(N2C(=O)[C@H]3C4c5ccccc5C([C@H](C)OC)(c5ccccc54)[C@H]3C2=O)cc1. The van der Waals surface area contributed by atoms with E-state index >= 15 is 0 Å². The Labute approximate surface area is 192 Å². The van der Waals surface area contributed by atoms with Gasteiger partial charge in [-0.15, -0.1) is 0 Å². The molecule has 3 aliphatic carbocycles. The van der Waals surface area contributed by atoms with Crippen molar-refractivity contribution in [2.45, 2.75) is 24.4 Å². The maximum atomic E-state index is 14.2. The molecule has 0 saturated carbocycles. The maximum Gasteiger partial charge on any atom is 0.239 e. The first-order valence-corrected chi connectivity index (χ1v) is 11.3. The largest absolute Gasteiger partial charge is 0.497 e. The zero-order valence-corrected chi connectivity index (χ0v) is 18.8. The van der Waals surface area contributed by atoms with Crippen LogP contribution in [0.4, 0.5) is 5.69 Å². The number of ether oxygens (including phenoxy) is 2. The van der Waals surface area contributed by atoms with Crippen molar-refractivity contribution >= 4 is 17.5 Å². The topological polar surface area (TPSA) is 55.8 Å². The lowest BCUT2D eigenvalue weighted by Crippen LogP contribution is -2.59. The molecule has 2 bridgehead atoms. The van der Waals surface area contributed by atoms with Crippen LogP contribution in [0.3, 0.4) is 0 Å². The molecule has 2 amide bonds. The second-order valence-electron chi connectivity index (χ2n) is 9.11. The van der Waals surface area contributed by atoms with Crippen LogP contribution in [0.2, 0.25) is 0 Å². The zero-order chi connectivity index (χ0) is 22.9. The quantitative estimate of drug-likeness (QED) is 0.570. The van der Waals surface area contributed by atoms with Gasteiger partial charge in [0.05, 0.1) is 36.2 Å². The van der Waals surface area contributed by atoms with Crippen molar-refractivity contribution in [1.82, 2.24) is 0 Å². The predicted molar refractivity (Wildman–Crippen MR) is 124 cm³/mol. The minimum absolute atomic E-state index is 0.142. The van der Waals surface area contributed by atoms with E-state index in [-0.39, 0.29) is 23.8 Å². The molecule has 0 N–H and O–H groups in total. The number of nitrogens with zero attached hydrogens (tertiary/aromatic N) is 1. The summed E-state index contributed by atoms with van der Waals surface area (Å²) in [5, 5.41) is 0. The van der Waals surface area contributed by atoms with Crippen molar-refractivity contribution in [1.29, 1.82) is 0 Å². The molecule has 0 aromatic heterocycles. The van der Waals surface area contributed by atoms with Gasteiger partial charge in [0.15, 0.2) is 0 Å². The molecule has 1 saturated heterocycles. The minimum atomic E-state index is -0.741. The van der Waals surface area contributed by atoms with Crippen LogP contribution in [0.5, 0.6) is 5.75 Å². The normalized spacial score (nSPS) is 27.7. The third kappa shape index (κ3) is 2.35. The molecule has 0 radical (unpaired) electrons. The van der Waals surface area contributed by atoms with Crippen LogP contribution in [0, 0.1) is 11.8 Å². The van der Waals surface area contributed by atoms with Crippen molar-refractivity contribution in [3.63, 3.8) is 0 Å². The summed E-state index contributed by atoms with van der Waals surface area (Å²) in [6.07, 6.45) is -0.305. The van der Waals surface area contributed by atoms with Gasteiger partial charge in [0.1, 0.15) is 5.75 Å². The Morgan fingerprint density at radius 3 is 1.94 bits per heavy atom. The molecule has 166 valence electrons. The smallest absolute Gasteiger partial charge is 0.239 e. The van der Waals surface area contributed by atoms with E-state index in [0.717, 1.165) is 22.3 Å². The zero-order valence-electron chi connectivity index (χ0n) is 18.8. The van der Waals surface area contributed by atoms with Crippen molar-refractivity contribution in [2.75, 3.05) is 19.1 Å². The van der Waals surface area contributed by atoms with Gasteiger partial charge in [-0.2, -0.15) is 0 Å². The average molecular weight is 440 g/mol. The number of carbonyl (C=O) groups excluding carboxylic acids is 2. The lowest BCUT2D eigenvalue weighted by atomic mass is 9.46. The van der Waals surface area contributed by atoms with Crippen LogP contribution >= 0.6 is 0 Å². The van der Waals surface area contributed by atoms with E-state index in [1.54, 1.807) is 38.5 Å². The molecule has 5 nitrogen and oxygen atoms in total. The summed E-state index contributed by atoms with van der Waals surface area (Å²) < 4.78 is 11.3. The highest BCUT2D eigenvalue weighted by Gasteiger charge is 2.69. The molecule has 5 heteroatoms. The van der Waals surface area contributed by atoms with Crippen LogP contribution in [0.15, 0.2) is 72.8 Å². The number of anilines is 1. The first-order valence-electron chi connectivity index (χ1n) is 11.3. The minimum Gasteiger partial charge on any atom is -0.497 e. The van der Waals surface area contributed by atoms with Gasteiger partial charge in [-0.1, -0.05) is 48.5 Å². The Kier molecular flexibility index (Phi) is 4.30. The standard InChI is InChI=1S/C28H25NO4/c1-16(32-2)28-21-10-6-4-8-19(21)23(20-9-5-7-11-22(20)28)24-25(28)27(31)29(26(24)30)17-12-14-18(33-3)15-13-17/h4-16,23-25H,1-3H3/t16-,23?,24-,25+,28?/m0/s1. The van der Waals surface area contributed by atoms with E-state index in [9.17, 15) is 9.59 Å². The Bertz CT molecular complexity index is 1230. The summed E-state index contributed by atoms with van der Waals surface area (Å²) >= 11 is 0. The molecule has 7 rings (SSSR count). The summed E-state index contributed by atoms with van der Waals surface area (Å²) in [6.45, 7) is 2.02. The van der Waals surface area contributed by atoms with Crippen molar-refractivity contribution in [2.24, 2.45) is 11.8 Å². The number of hydrogen-bond donors (Lipinski definition) is 0. The van der Waals surface area contributed by atoms with Crippen molar-refractivity contribution in [3.8, 4) is 5.75 Å². The number of carbonyl (C=O) groups is 2. The van der Waals surface area contributed by atoms with E-state index in [1.165, 1.54) is 4.90 Å². The fraction of sp³-hybridized carbons (Fsp3) is 0.286. The van der Waals surface area contributed by atoms with Gasteiger partial charge in [0, 0.05) is 13.0 Å². The number of imide groups is 1. The van der Waals surface area contributed by atoms with Crippen molar-refractivity contribution < 1.29 is 19.1 Å². The average Bonchev–Trinajstić information content (AvgIpc) is 3.14. The van der Waals surface area contributed by atoms with E-state index in [0.29, 0.717) is 11.4 Å². The molecule has 3 atom stereocenters. The number of amides is 2. The molecular formula is C28H25NO4. The van der Waals surface area contributed by atoms with Crippen LogP contribution in [-0.4, -0.2) is 32.1 Å². The Morgan fingerprint density at radius 1 is 0.818 bits per heavy atom. The van der Waals surface area contributed by atoms with E-state index in [2.05, 4.69) is 24.3 Å². The monoisotopic (exact) mass is 439 g/mol. The number of benzene rings is 3. The first-order chi connectivity index (χ1) is 16.1. The van der Waals surface area contributed by atoms with Crippen LogP contribution in [0.1, 0.15) is 35.1 Å². The van der Waals surface area contributed by atoms with Gasteiger partial charge in [0.2, 0.25) is 11.8 Å². The Hall–Kier alpha value is -3.44. The van der Waals surface area contributed by atoms with Crippen LogP contribution < -0.4 is 9.64 Å². The molecular weight excluding hydrogens is 414 g/mol. The molecule has 3 aromatic rings. The molecule has 0 unspecified atom stereocenters. The fourth-order valence-electron chi connectivity index (χ4n) is 6.69. The molecule has 33 heavy (non-hydrogen) atoms. The first kappa shape index (κ1) is 20.2. The molecule has 1 fully saturated rings. The lowest BCUT2D eigenvalue weighted by Gasteiger charge is -2.56. The summed E-state index contributed by atoms with van der Waals surface area (Å²) in [7, 11) is 3.28.